The van der Waals surface area contributed by atoms with Gasteiger partial charge in [-0.25, -0.2) is 0 Å². The van der Waals surface area contributed by atoms with Crippen molar-refractivity contribution in [2.75, 3.05) is 26.2 Å². The number of amides is 2. The molecule has 3 fully saturated rings. The highest BCUT2D eigenvalue weighted by molar-refractivity contribution is 5.88. The lowest BCUT2D eigenvalue weighted by molar-refractivity contribution is -0.139. The van der Waals surface area contributed by atoms with Gasteiger partial charge in [0.25, 0.3) is 0 Å². The molecule has 5 heteroatoms. The van der Waals surface area contributed by atoms with Crippen molar-refractivity contribution >= 4 is 11.8 Å². The number of nitrogens with zero attached hydrogens (tertiary/aromatic N) is 1. The van der Waals surface area contributed by atoms with Crippen LogP contribution in [0.15, 0.2) is 0 Å². The van der Waals surface area contributed by atoms with Crippen LogP contribution in [0.2, 0.25) is 0 Å². The van der Waals surface area contributed by atoms with E-state index >= 15 is 0 Å². The van der Waals surface area contributed by atoms with Gasteiger partial charge in [0.05, 0.1) is 12.5 Å². The van der Waals surface area contributed by atoms with E-state index in [1.165, 1.54) is 51.4 Å². The molecule has 0 aromatic carbocycles. The third-order valence-corrected chi connectivity index (χ3v) is 5.79. The minimum atomic E-state index is -0.324. The highest BCUT2D eigenvalue weighted by Gasteiger charge is 2.32. The highest BCUT2D eigenvalue weighted by Crippen LogP contribution is 2.27. The number of rotatable bonds is 6. The normalized spacial score (nSPS) is 26.9. The fraction of sp³-hybridized carbons (Fsp3) is 0.889. The van der Waals surface area contributed by atoms with Gasteiger partial charge in [-0.3, -0.25) is 9.59 Å². The van der Waals surface area contributed by atoms with Crippen LogP contribution in [0, 0.1) is 11.8 Å². The van der Waals surface area contributed by atoms with Crippen LogP contribution in [0.5, 0.6) is 0 Å². The molecule has 2 aliphatic carbocycles. The van der Waals surface area contributed by atoms with Gasteiger partial charge in [0, 0.05) is 26.2 Å². The Morgan fingerprint density at radius 1 is 1.09 bits per heavy atom. The molecule has 0 spiro atoms. The van der Waals surface area contributed by atoms with Gasteiger partial charge in [-0.1, -0.05) is 25.7 Å². The van der Waals surface area contributed by atoms with Crippen LogP contribution >= 0.6 is 0 Å². The number of carbonyl (C=O) groups is 2. The average Bonchev–Trinajstić information content (AvgIpc) is 2.53. The van der Waals surface area contributed by atoms with E-state index in [2.05, 4.69) is 10.6 Å². The van der Waals surface area contributed by atoms with Gasteiger partial charge in [-0.05, 0) is 37.5 Å². The molecule has 1 atom stereocenters. The average molecular weight is 321 g/mol. The molecule has 3 rings (SSSR count). The summed E-state index contributed by atoms with van der Waals surface area (Å²) in [6.45, 7) is 3.26. The molecule has 0 aromatic rings. The molecule has 0 aromatic heterocycles. The van der Waals surface area contributed by atoms with Gasteiger partial charge in [-0.15, -0.1) is 0 Å². The van der Waals surface area contributed by atoms with Crippen LogP contribution in [0.4, 0.5) is 0 Å². The lowest BCUT2D eigenvalue weighted by atomic mass is 9.85. The van der Waals surface area contributed by atoms with Crippen LogP contribution in [0.25, 0.3) is 0 Å². The minimum absolute atomic E-state index is 0.0203. The molecule has 5 nitrogen and oxygen atoms in total. The molecule has 2 N–H and O–H groups in total. The van der Waals surface area contributed by atoms with Crippen molar-refractivity contribution in [1.29, 1.82) is 0 Å². The third-order valence-electron chi connectivity index (χ3n) is 5.79. The smallest absolute Gasteiger partial charge is 0.240 e. The molecule has 0 bridgehead atoms. The van der Waals surface area contributed by atoms with Crippen molar-refractivity contribution in [3.8, 4) is 0 Å². The Bertz CT molecular complexity index is 416. The number of nitrogens with one attached hydrogen (secondary N) is 2. The first-order valence-electron chi connectivity index (χ1n) is 9.51. The van der Waals surface area contributed by atoms with Crippen molar-refractivity contribution in [3.05, 3.63) is 0 Å². The molecular formula is C18H31N3O2. The van der Waals surface area contributed by atoms with E-state index < -0.39 is 0 Å². The van der Waals surface area contributed by atoms with E-state index in [1.807, 2.05) is 4.90 Å². The second kappa shape index (κ2) is 8.13. The molecule has 0 radical (unpaired) electrons. The standard InChI is InChI=1S/C18H31N3O2/c22-17(20-12-14-5-2-1-3-6-14)11-16-18(23)21(10-9-19-16)13-15-7-4-8-15/h14-16,19H,1-13H2,(H,20,22). The summed E-state index contributed by atoms with van der Waals surface area (Å²) >= 11 is 0. The quantitative estimate of drug-likeness (QED) is 0.782. The van der Waals surface area contributed by atoms with Gasteiger partial charge in [0.2, 0.25) is 11.8 Å². The maximum absolute atomic E-state index is 12.5. The van der Waals surface area contributed by atoms with E-state index in [0.29, 0.717) is 11.8 Å². The van der Waals surface area contributed by atoms with Crippen molar-refractivity contribution in [2.24, 2.45) is 11.8 Å². The van der Waals surface area contributed by atoms with E-state index in [4.69, 9.17) is 0 Å². The van der Waals surface area contributed by atoms with Crippen molar-refractivity contribution in [1.82, 2.24) is 15.5 Å². The van der Waals surface area contributed by atoms with Gasteiger partial charge in [-0.2, -0.15) is 0 Å². The molecule has 1 aliphatic heterocycles. The lowest BCUT2D eigenvalue weighted by Crippen LogP contribution is -2.57. The Morgan fingerprint density at radius 3 is 2.52 bits per heavy atom. The second-order valence-electron chi connectivity index (χ2n) is 7.60. The van der Waals surface area contributed by atoms with E-state index in [-0.39, 0.29) is 24.3 Å². The predicted octanol–water partition coefficient (Wildman–Crippen LogP) is 1.67. The number of carbonyl (C=O) groups excluding carboxylic acids is 2. The Morgan fingerprint density at radius 2 is 1.83 bits per heavy atom. The van der Waals surface area contributed by atoms with Crippen LogP contribution in [-0.2, 0) is 9.59 Å². The summed E-state index contributed by atoms with van der Waals surface area (Å²) in [4.78, 5) is 26.7. The molecule has 2 saturated carbocycles. The van der Waals surface area contributed by atoms with Gasteiger partial charge in [0.1, 0.15) is 0 Å². The van der Waals surface area contributed by atoms with Gasteiger partial charge >= 0.3 is 0 Å². The van der Waals surface area contributed by atoms with Crippen molar-refractivity contribution < 1.29 is 9.59 Å². The third kappa shape index (κ3) is 4.69. The van der Waals surface area contributed by atoms with Crippen LogP contribution in [0.3, 0.4) is 0 Å². The molecular weight excluding hydrogens is 290 g/mol. The maximum atomic E-state index is 12.5. The molecule has 1 heterocycles. The molecule has 2 amide bonds. The molecule has 1 unspecified atom stereocenters. The van der Waals surface area contributed by atoms with E-state index in [9.17, 15) is 9.59 Å². The Hall–Kier alpha value is -1.10. The van der Waals surface area contributed by atoms with E-state index in [1.54, 1.807) is 0 Å². The first-order valence-corrected chi connectivity index (χ1v) is 9.51. The SMILES string of the molecule is O=C(CC1NCCN(CC2CCC2)C1=O)NCC1CCCCC1. The zero-order valence-corrected chi connectivity index (χ0v) is 14.2. The zero-order valence-electron chi connectivity index (χ0n) is 14.2. The summed E-state index contributed by atoms with van der Waals surface area (Å²) in [5.41, 5.74) is 0. The summed E-state index contributed by atoms with van der Waals surface area (Å²) in [6.07, 6.45) is 10.5. The monoisotopic (exact) mass is 321 g/mol. The predicted molar refractivity (Wildman–Crippen MR) is 89.9 cm³/mol. The largest absolute Gasteiger partial charge is 0.356 e. The van der Waals surface area contributed by atoms with Crippen molar-refractivity contribution in [2.45, 2.75) is 63.8 Å². The van der Waals surface area contributed by atoms with E-state index in [0.717, 1.165) is 26.2 Å². The number of hydrogen-bond acceptors (Lipinski definition) is 3. The fourth-order valence-electron chi connectivity index (χ4n) is 4.03. The Labute approximate surface area is 139 Å². The summed E-state index contributed by atoms with van der Waals surface area (Å²) in [5, 5.41) is 6.27. The zero-order chi connectivity index (χ0) is 16.1. The fourth-order valence-corrected chi connectivity index (χ4v) is 4.03. The molecule has 23 heavy (non-hydrogen) atoms. The first-order chi connectivity index (χ1) is 11.2. The van der Waals surface area contributed by atoms with Gasteiger partial charge in [0.15, 0.2) is 0 Å². The summed E-state index contributed by atoms with van der Waals surface area (Å²) < 4.78 is 0. The minimum Gasteiger partial charge on any atom is -0.356 e. The van der Waals surface area contributed by atoms with Crippen molar-refractivity contribution in [3.63, 3.8) is 0 Å². The molecule has 3 aliphatic rings. The lowest BCUT2D eigenvalue weighted by Gasteiger charge is -2.37. The summed E-state index contributed by atoms with van der Waals surface area (Å²) in [7, 11) is 0. The molecule has 1 saturated heterocycles. The summed E-state index contributed by atoms with van der Waals surface area (Å²) in [5.74, 6) is 1.47. The second-order valence-corrected chi connectivity index (χ2v) is 7.60. The molecule has 130 valence electrons. The van der Waals surface area contributed by atoms with Crippen LogP contribution in [-0.4, -0.2) is 48.9 Å². The topological polar surface area (TPSA) is 61.4 Å². The Balaban J connectivity index is 1.40. The number of piperazine rings is 1. The maximum Gasteiger partial charge on any atom is 0.240 e. The Kier molecular flexibility index (Phi) is 5.92. The summed E-state index contributed by atoms with van der Waals surface area (Å²) in [6, 6.07) is -0.324. The number of hydrogen-bond donors (Lipinski definition) is 2. The van der Waals surface area contributed by atoms with Crippen LogP contribution < -0.4 is 10.6 Å². The van der Waals surface area contributed by atoms with Gasteiger partial charge < -0.3 is 15.5 Å². The first kappa shape index (κ1) is 16.7. The van der Waals surface area contributed by atoms with Crippen LogP contribution in [0.1, 0.15) is 57.8 Å². The highest BCUT2D eigenvalue weighted by atomic mass is 16.2.